The first-order valence-electron chi connectivity index (χ1n) is 10.2. The smallest absolute Gasteiger partial charge is 0.334 e. The molecule has 0 radical (unpaired) electrons. The first kappa shape index (κ1) is 23.4. The highest BCUT2D eigenvalue weighted by molar-refractivity contribution is 6.31. The number of halogens is 1. The van der Waals surface area contributed by atoms with Gasteiger partial charge in [-0.25, -0.2) is 9.80 Å². The molecule has 0 bridgehead atoms. The summed E-state index contributed by atoms with van der Waals surface area (Å²) in [6, 6.07) is 10.6. The summed E-state index contributed by atoms with van der Waals surface area (Å²) in [5.41, 5.74) is 2.83. The van der Waals surface area contributed by atoms with Gasteiger partial charge in [-0.15, -0.1) is 0 Å². The van der Waals surface area contributed by atoms with Crippen LogP contribution in [0, 0.1) is 0 Å². The van der Waals surface area contributed by atoms with Crippen molar-refractivity contribution in [3.63, 3.8) is 0 Å². The molecule has 9 heteroatoms. The van der Waals surface area contributed by atoms with Gasteiger partial charge in [0.15, 0.2) is 6.10 Å². The van der Waals surface area contributed by atoms with Crippen LogP contribution in [0.15, 0.2) is 47.6 Å². The zero-order valence-corrected chi connectivity index (χ0v) is 18.5. The molecular formula is C23H24ClN3O5. The maximum atomic E-state index is 13.0. The van der Waals surface area contributed by atoms with E-state index in [0.717, 1.165) is 5.56 Å². The van der Waals surface area contributed by atoms with Gasteiger partial charge in [-0.3, -0.25) is 9.59 Å². The minimum absolute atomic E-state index is 0.0207. The Balaban J connectivity index is 1.89. The molecule has 2 amide bonds. The number of aryl methyl sites for hydroxylation is 1. The molecule has 0 unspecified atom stereocenters. The fourth-order valence-corrected chi connectivity index (χ4v) is 3.72. The van der Waals surface area contributed by atoms with Crippen molar-refractivity contribution in [1.82, 2.24) is 5.32 Å². The molecule has 1 heterocycles. The van der Waals surface area contributed by atoms with E-state index < -0.39 is 24.0 Å². The van der Waals surface area contributed by atoms with E-state index in [4.69, 9.17) is 11.6 Å². The van der Waals surface area contributed by atoms with Gasteiger partial charge >= 0.3 is 5.97 Å². The molecule has 0 aromatic heterocycles. The SMILES string of the molecule is CCc1ccc(C(=O)N[C@H](Cc2ccccc2Cl)[C@@H](O)C(=O)O)cc1N1N=C(C)CC1=O. The first-order valence-corrected chi connectivity index (χ1v) is 10.5. The van der Waals surface area contributed by atoms with Crippen molar-refractivity contribution in [3.8, 4) is 0 Å². The number of carboxylic acid groups (broad SMARTS) is 1. The molecule has 168 valence electrons. The largest absolute Gasteiger partial charge is 0.479 e. The first-order chi connectivity index (χ1) is 15.2. The summed E-state index contributed by atoms with van der Waals surface area (Å²) in [4.78, 5) is 36.7. The number of rotatable bonds is 8. The fraction of sp³-hybridized carbons (Fsp3) is 0.304. The van der Waals surface area contributed by atoms with Crippen molar-refractivity contribution in [2.45, 2.75) is 45.3 Å². The van der Waals surface area contributed by atoms with Crippen molar-refractivity contribution < 1.29 is 24.6 Å². The van der Waals surface area contributed by atoms with E-state index in [-0.39, 0.29) is 24.3 Å². The molecule has 2 aromatic rings. The van der Waals surface area contributed by atoms with Crippen LogP contribution in [-0.2, 0) is 22.4 Å². The van der Waals surface area contributed by atoms with Gasteiger partial charge in [0, 0.05) is 16.3 Å². The summed E-state index contributed by atoms with van der Waals surface area (Å²) in [6.45, 7) is 3.69. The van der Waals surface area contributed by atoms with E-state index in [2.05, 4.69) is 10.4 Å². The predicted molar refractivity (Wildman–Crippen MR) is 121 cm³/mol. The van der Waals surface area contributed by atoms with Gasteiger partial charge < -0.3 is 15.5 Å². The average molecular weight is 458 g/mol. The number of hydrazone groups is 1. The lowest BCUT2D eigenvalue weighted by Crippen LogP contribution is -2.48. The van der Waals surface area contributed by atoms with E-state index in [1.54, 1.807) is 49.4 Å². The van der Waals surface area contributed by atoms with Crippen molar-refractivity contribution >= 4 is 40.8 Å². The van der Waals surface area contributed by atoms with Gasteiger partial charge in [-0.2, -0.15) is 5.10 Å². The van der Waals surface area contributed by atoms with Gasteiger partial charge in [0.2, 0.25) is 0 Å². The quantitative estimate of drug-likeness (QED) is 0.563. The Morgan fingerprint density at radius 3 is 2.53 bits per heavy atom. The molecule has 32 heavy (non-hydrogen) atoms. The van der Waals surface area contributed by atoms with Crippen molar-refractivity contribution in [2.24, 2.45) is 5.10 Å². The van der Waals surface area contributed by atoms with Crippen LogP contribution in [0.5, 0.6) is 0 Å². The van der Waals surface area contributed by atoms with Gasteiger partial charge in [-0.05, 0) is 49.1 Å². The van der Waals surface area contributed by atoms with Crippen LogP contribution in [0.2, 0.25) is 5.02 Å². The van der Waals surface area contributed by atoms with Crippen LogP contribution in [0.4, 0.5) is 5.69 Å². The van der Waals surface area contributed by atoms with Gasteiger partial charge in [-0.1, -0.05) is 42.8 Å². The Morgan fingerprint density at radius 1 is 1.22 bits per heavy atom. The molecule has 1 aliphatic heterocycles. The zero-order valence-electron chi connectivity index (χ0n) is 17.7. The molecular weight excluding hydrogens is 434 g/mol. The molecule has 0 saturated heterocycles. The number of benzene rings is 2. The summed E-state index contributed by atoms with van der Waals surface area (Å²) in [5.74, 6) is -2.23. The number of hydrogen-bond donors (Lipinski definition) is 3. The second-order valence-corrected chi connectivity index (χ2v) is 7.98. The maximum Gasteiger partial charge on any atom is 0.334 e. The maximum absolute atomic E-state index is 13.0. The second-order valence-electron chi connectivity index (χ2n) is 7.57. The number of nitrogens with zero attached hydrogens (tertiary/aromatic N) is 2. The molecule has 3 rings (SSSR count). The number of hydrogen-bond acceptors (Lipinski definition) is 5. The summed E-state index contributed by atoms with van der Waals surface area (Å²) in [7, 11) is 0. The highest BCUT2D eigenvalue weighted by Gasteiger charge is 2.30. The third-order valence-corrected chi connectivity index (χ3v) is 5.59. The standard InChI is InChI=1S/C23H24ClN3O5/c1-3-14-8-9-16(12-19(14)27-20(28)10-13(2)26-27)22(30)25-18(21(29)23(31)32)11-15-6-4-5-7-17(15)24/h4-9,12,18,21,29H,3,10-11H2,1-2H3,(H,25,30)(H,31,32)/t18-,21-/m1/s1. The Kier molecular flexibility index (Phi) is 7.27. The summed E-state index contributed by atoms with van der Waals surface area (Å²) in [5, 5.41) is 28.0. The second kappa shape index (κ2) is 9.93. The lowest BCUT2D eigenvalue weighted by atomic mass is 10.00. The van der Waals surface area contributed by atoms with Gasteiger partial charge in [0.1, 0.15) is 0 Å². The van der Waals surface area contributed by atoms with Crippen molar-refractivity contribution in [1.29, 1.82) is 0 Å². The summed E-state index contributed by atoms with van der Waals surface area (Å²) in [6.07, 6.45) is -0.975. The summed E-state index contributed by atoms with van der Waals surface area (Å²) >= 11 is 6.17. The van der Waals surface area contributed by atoms with E-state index >= 15 is 0 Å². The van der Waals surface area contributed by atoms with Crippen LogP contribution >= 0.6 is 11.6 Å². The van der Waals surface area contributed by atoms with E-state index in [1.807, 2.05) is 6.92 Å². The molecule has 3 N–H and O–H groups in total. The zero-order chi connectivity index (χ0) is 23.4. The van der Waals surface area contributed by atoms with E-state index in [1.165, 1.54) is 5.01 Å². The Bertz CT molecular complexity index is 1090. The van der Waals surface area contributed by atoms with Crippen LogP contribution < -0.4 is 10.3 Å². The number of nitrogens with one attached hydrogen (secondary N) is 1. The van der Waals surface area contributed by atoms with Crippen molar-refractivity contribution in [2.75, 3.05) is 5.01 Å². The number of aliphatic hydroxyl groups is 1. The monoisotopic (exact) mass is 457 g/mol. The highest BCUT2D eigenvalue weighted by Crippen LogP contribution is 2.27. The number of carbonyl (C=O) groups excluding carboxylic acids is 2. The molecule has 0 saturated carbocycles. The molecule has 0 fully saturated rings. The van der Waals surface area contributed by atoms with E-state index in [0.29, 0.717) is 28.4 Å². The van der Waals surface area contributed by atoms with Gasteiger partial charge in [0.25, 0.3) is 11.8 Å². The number of aliphatic hydroxyl groups excluding tert-OH is 1. The lowest BCUT2D eigenvalue weighted by Gasteiger charge is -2.23. The minimum atomic E-state index is -1.84. The lowest BCUT2D eigenvalue weighted by molar-refractivity contribution is -0.148. The minimum Gasteiger partial charge on any atom is -0.479 e. The molecule has 2 aromatic carbocycles. The topological polar surface area (TPSA) is 119 Å². The highest BCUT2D eigenvalue weighted by atomic mass is 35.5. The number of aliphatic carboxylic acids is 1. The van der Waals surface area contributed by atoms with Crippen LogP contribution in [0.25, 0.3) is 0 Å². The number of carbonyl (C=O) groups is 3. The Hall–Kier alpha value is -3.23. The molecule has 0 aliphatic carbocycles. The average Bonchev–Trinajstić information content (AvgIpc) is 3.11. The Morgan fingerprint density at radius 2 is 1.94 bits per heavy atom. The molecule has 2 atom stereocenters. The molecule has 8 nitrogen and oxygen atoms in total. The van der Waals surface area contributed by atoms with Crippen molar-refractivity contribution in [3.05, 3.63) is 64.2 Å². The summed E-state index contributed by atoms with van der Waals surface area (Å²) < 4.78 is 0. The number of carboxylic acids is 1. The molecule has 0 spiro atoms. The predicted octanol–water partition coefficient (Wildman–Crippen LogP) is 2.80. The number of anilines is 1. The fourth-order valence-electron chi connectivity index (χ4n) is 3.51. The van der Waals surface area contributed by atoms with Crippen LogP contribution in [0.1, 0.15) is 41.8 Å². The van der Waals surface area contributed by atoms with E-state index in [9.17, 15) is 24.6 Å². The number of amides is 2. The third kappa shape index (κ3) is 5.15. The molecule has 1 aliphatic rings. The van der Waals surface area contributed by atoms with Crippen LogP contribution in [-0.4, -0.2) is 45.9 Å². The third-order valence-electron chi connectivity index (χ3n) is 5.22. The van der Waals surface area contributed by atoms with Gasteiger partial charge in [0.05, 0.1) is 18.2 Å². The normalized spacial score (nSPS) is 15.3. The Labute approximate surface area is 190 Å². The van der Waals surface area contributed by atoms with Crippen LogP contribution in [0.3, 0.4) is 0 Å².